The van der Waals surface area contributed by atoms with Gasteiger partial charge in [0, 0.05) is 34.1 Å². The van der Waals surface area contributed by atoms with Crippen LogP contribution in [0.1, 0.15) is 52.2 Å². The fraction of sp³-hybridized carbons (Fsp3) is 0.241. The van der Waals surface area contributed by atoms with Crippen LogP contribution in [0.15, 0.2) is 86.6 Å². The van der Waals surface area contributed by atoms with Crippen LogP contribution >= 0.6 is 15.9 Å². The van der Waals surface area contributed by atoms with Gasteiger partial charge in [-0.15, -0.1) is 0 Å². The van der Waals surface area contributed by atoms with E-state index in [0.717, 1.165) is 30.2 Å². The van der Waals surface area contributed by atoms with Gasteiger partial charge < -0.3 is 9.73 Å². The highest BCUT2D eigenvalue weighted by atomic mass is 79.9. The second kappa shape index (κ2) is 11.2. The van der Waals surface area contributed by atoms with Gasteiger partial charge >= 0.3 is 0 Å². The number of ketones is 2. The summed E-state index contributed by atoms with van der Waals surface area (Å²) >= 11 is 3.37. The average molecular weight is 596 g/mol. The topological polar surface area (TPSA) is 96.7 Å². The number of furan rings is 1. The third-order valence-corrected chi connectivity index (χ3v) is 9.12. The summed E-state index contributed by atoms with van der Waals surface area (Å²) in [6, 6.07) is 20.3. The molecule has 9 heteroatoms. The first kappa shape index (κ1) is 26.3. The Hall–Kier alpha value is -3.27. The standard InChI is InChI=1S/C29H27BrN2O5S/c30-22-14-12-20(13-15-22)28(34)29-27(24-10-3-4-11-26(24)37-29)31-19-25(33)21-8-7-9-23(18-21)38(35,36)32-16-5-1-2-6-17-32/h3-4,7-15,18,31H,1-2,5-6,16-17,19H2. The van der Waals surface area contributed by atoms with Crippen LogP contribution in [0.4, 0.5) is 5.69 Å². The summed E-state index contributed by atoms with van der Waals surface area (Å²) in [4.78, 5) is 26.6. The van der Waals surface area contributed by atoms with Crippen LogP contribution in [-0.2, 0) is 10.0 Å². The van der Waals surface area contributed by atoms with Crippen molar-refractivity contribution in [1.82, 2.24) is 4.31 Å². The summed E-state index contributed by atoms with van der Waals surface area (Å²) < 4.78 is 34.7. The van der Waals surface area contributed by atoms with Crippen molar-refractivity contribution in [2.45, 2.75) is 30.6 Å². The van der Waals surface area contributed by atoms with Crippen LogP contribution in [0.5, 0.6) is 0 Å². The maximum atomic E-state index is 13.3. The van der Waals surface area contributed by atoms with Gasteiger partial charge in [-0.2, -0.15) is 4.31 Å². The molecule has 1 aliphatic rings. The first-order chi connectivity index (χ1) is 18.3. The molecule has 0 amide bonds. The molecule has 4 aromatic rings. The summed E-state index contributed by atoms with van der Waals surface area (Å²) in [5.74, 6) is -0.502. The summed E-state index contributed by atoms with van der Waals surface area (Å²) in [5, 5.41) is 3.77. The van der Waals surface area contributed by atoms with E-state index in [4.69, 9.17) is 4.42 Å². The van der Waals surface area contributed by atoms with E-state index in [0.29, 0.717) is 35.3 Å². The fourth-order valence-corrected chi connectivity index (χ4v) is 6.47. The van der Waals surface area contributed by atoms with E-state index in [1.807, 2.05) is 18.2 Å². The maximum absolute atomic E-state index is 13.3. The highest BCUT2D eigenvalue weighted by molar-refractivity contribution is 9.10. The second-order valence-corrected chi connectivity index (χ2v) is 12.1. The van der Waals surface area contributed by atoms with Crippen LogP contribution in [0.3, 0.4) is 0 Å². The molecule has 1 aliphatic heterocycles. The Bertz CT molecular complexity index is 1590. The van der Waals surface area contributed by atoms with Crippen molar-refractivity contribution in [3.8, 4) is 0 Å². The second-order valence-electron chi connectivity index (χ2n) is 9.26. The number of sulfonamides is 1. The third kappa shape index (κ3) is 5.45. The quantitative estimate of drug-likeness (QED) is 0.241. The molecule has 0 radical (unpaired) electrons. The zero-order chi connectivity index (χ0) is 26.7. The summed E-state index contributed by atoms with van der Waals surface area (Å²) in [5.41, 5.74) is 1.68. The molecule has 0 atom stereocenters. The van der Waals surface area contributed by atoms with Crippen molar-refractivity contribution >= 4 is 54.2 Å². The van der Waals surface area contributed by atoms with Gasteiger partial charge in [0.15, 0.2) is 11.5 Å². The Kier molecular flexibility index (Phi) is 7.78. The monoisotopic (exact) mass is 594 g/mol. The number of hydrogen-bond acceptors (Lipinski definition) is 6. The first-order valence-electron chi connectivity index (χ1n) is 12.5. The lowest BCUT2D eigenvalue weighted by atomic mass is 10.1. The SMILES string of the molecule is O=C(CNc1c(C(=O)c2ccc(Br)cc2)oc2ccccc12)c1cccc(S(=O)(=O)N2CCCCCC2)c1. The molecule has 0 aliphatic carbocycles. The number of fused-ring (bicyclic) bond motifs is 1. The Morgan fingerprint density at radius 2 is 1.58 bits per heavy atom. The third-order valence-electron chi connectivity index (χ3n) is 6.69. The van der Waals surface area contributed by atoms with Crippen molar-refractivity contribution in [3.63, 3.8) is 0 Å². The van der Waals surface area contributed by atoms with Crippen molar-refractivity contribution < 1.29 is 22.4 Å². The molecule has 38 heavy (non-hydrogen) atoms. The molecule has 5 rings (SSSR count). The number of benzene rings is 3. The molecule has 7 nitrogen and oxygen atoms in total. The molecule has 2 heterocycles. The van der Waals surface area contributed by atoms with Gasteiger partial charge in [0.2, 0.25) is 15.8 Å². The van der Waals surface area contributed by atoms with Gasteiger partial charge in [-0.3, -0.25) is 9.59 Å². The molecular weight excluding hydrogens is 568 g/mol. The number of Topliss-reactive ketones (excluding diaryl/α,β-unsaturated/α-hetero) is 1. The number of hydrogen-bond donors (Lipinski definition) is 1. The molecular formula is C29H27BrN2O5S. The Morgan fingerprint density at radius 1 is 0.868 bits per heavy atom. The van der Waals surface area contributed by atoms with E-state index in [9.17, 15) is 18.0 Å². The minimum atomic E-state index is -3.68. The molecule has 1 aromatic heterocycles. The molecule has 0 spiro atoms. The summed E-state index contributed by atoms with van der Waals surface area (Å²) in [7, 11) is -3.68. The van der Waals surface area contributed by atoms with Gasteiger partial charge in [0.1, 0.15) is 5.58 Å². The van der Waals surface area contributed by atoms with Gasteiger partial charge in [-0.05, 0) is 61.4 Å². The predicted molar refractivity (Wildman–Crippen MR) is 150 cm³/mol. The van der Waals surface area contributed by atoms with Gasteiger partial charge in [0.05, 0.1) is 17.1 Å². The van der Waals surface area contributed by atoms with Crippen LogP contribution < -0.4 is 5.32 Å². The van der Waals surface area contributed by atoms with E-state index < -0.39 is 10.0 Å². The minimum absolute atomic E-state index is 0.110. The number of nitrogens with zero attached hydrogens (tertiary/aromatic N) is 1. The molecule has 196 valence electrons. The summed E-state index contributed by atoms with van der Waals surface area (Å²) in [6.45, 7) is 0.840. The first-order valence-corrected chi connectivity index (χ1v) is 14.8. The smallest absolute Gasteiger partial charge is 0.243 e. The highest BCUT2D eigenvalue weighted by Crippen LogP contribution is 2.33. The van der Waals surface area contributed by atoms with Crippen molar-refractivity contribution in [1.29, 1.82) is 0 Å². The predicted octanol–water partition coefficient (Wildman–Crippen LogP) is 6.29. The van der Waals surface area contributed by atoms with Crippen LogP contribution in [0.25, 0.3) is 11.0 Å². The Balaban J connectivity index is 1.39. The number of anilines is 1. The highest BCUT2D eigenvalue weighted by Gasteiger charge is 2.26. The van der Waals surface area contributed by atoms with Gasteiger partial charge in [-0.1, -0.05) is 53.0 Å². The van der Waals surface area contributed by atoms with E-state index in [1.54, 1.807) is 42.5 Å². The number of carbonyl (C=O) groups is 2. The van der Waals surface area contributed by atoms with Crippen molar-refractivity contribution in [2.75, 3.05) is 25.0 Å². The Morgan fingerprint density at radius 3 is 2.32 bits per heavy atom. The van der Waals surface area contributed by atoms with Crippen LogP contribution in [0.2, 0.25) is 0 Å². The molecule has 3 aromatic carbocycles. The van der Waals surface area contributed by atoms with E-state index in [2.05, 4.69) is 21.2 Å². The molecule has 0 saturated carbocycles. The van der Waals surface area contributed by atoms with Gasteiger partial charge in [0.25, 0.3) is 0 Å². The number of rotatable bonds is 8. The maximum Gasteiger partial charge on any atom is 0.243 e. The van der Waals surface area contributed by atoms with Crippen LogP contribution in [-0.4, -0.2) is 43.9 Å². The lowest BCUT2D eigenvalue weighted by Crippen LogP contribution is -2.32. The van der Waals surface area contributed by atoms with E-state index >= 15 is 0 Å². The molecule has 1 saturated heterocycles. The number of para-hydroxylation sites is 1. The normalized spacial score (nSPS) is 14.8. The van der Waals surface area contributed by atoms with E-state index in [-0.39, 0.29) is 34.3 Å². The fourth-order valence-electron chi connectivity index (χ4n) is 4.65. The molecule has 1 N–H and O–H groups in total. The Labute approximate surface area is 230 Å². The average Bonchev–Trinajstić information content (AvgIpc) is 3.08. The lowest BCUT2D eigenvalue weighted by molar-refractivity contribution is 0.0997. The minimum Gasteiger partial charge on any atom is -0.450 e. The number of nitrogens with one attached hydrogen (secondary N) is 1. The van der Waals surface area contributed by atoms with E-state index in [1.165, 1.54) is 16.4 Å². The number of carbonyl (C=O) groups excluding carboxylic acids is 2. The molecule has 0 bridgehead atoms. The zero-order valence-corrected chi connectivity index (χ0v) is 23.1. The van der Waals surface area contributed by atoms with Crippen molar-refractivity contribution in [2.24, 2.45) is 0 Å². The molecule has 0 unspecified atom stereocenters. The largest absolute Gasteiger partial charge is 0.450 e. The van der Waals surface area contributed by atoms with Crippen LogP contribution in [0, 0.1) is 0 Å². The number of halogens is 1. The van der Waals surface area contributed by atoms with Gasteiger partial charge in [-0.25, -0.2) is 8.42 Å². The lowest BCUT2D eigenvalue weighted by Gasteiger charge is -2.20. The molecule has 1 fully saturated rings. The van der Waals surface area contributed by atoms with Crippen molar-refractivity contribution in [3.05, 3.63) is 94.2 Å². The zero-order valence-electron chi connectivity index (χ0n) is 20.7. The summed E-state index contributed by atoms with van der Waals surface area (Å²) in [6.07, 6.45) is 3.71.